The van der Waals surface area contributed by atoms with Crippen LogP contribution >= 0.6 is 0 Å². The summed E-state index contributed by atoms with van der Waals surface area (Å²) < 4.78 is 0. The van der Waals surface area contributed by atoms with Gasteiger partial charge in [0.2, 0.25) is 0 Å². The van der Waals surface area contributed by atoms with Crippen molar-refractivity contribution in [1.82, 2.24) is 0 Å². The van der Waals surface area contributed by atoms with E-state index in [0.29, 0.717) is 0 Å². The van der Waals surface area contributed by atoms with Crippen LogP contribution in [0, 0.1) is 0 Å². The minimum atomic E-state index is -0.111. The van der Waals surface area contributed by atoms with E-state index in [1.807, 2.05) is 39.1 Å². The molecule has 1 rings (SSSR count). The lowest BCUT2D eigenvalue weighted by Crippen LogP contribution is -2.19. The Labute approximate surface area is 130 Å². The minimum Gasteiger partial charge on any atom is -0.388 e. The molecule has 0 heterocycles. The third kappa shape index (κ3) is 4.49. The van der Waals surface area contributed by atoms with Crippen LogP contribution in [0.4, 0.5) is 5.69 Å². The zero-order valence-electron chi connectivity index (χ0n) is 14.2. The maximum Gasteiger partial charge on any atom is 0.0411 e. The van der Waals surface area contributed by atoms with Crippen LogP contribution in [0.5, 0.6) is 0 Å². The summed E-state index contributed by atoms with van der Waals surface area (Å²) in [5.41, 5.74) is 4.46. The molecule has 0 fully saturated rings. The Morgan fingerprint density at radius 1 is 1.14 bits per heavy atom. The minimum absolute atomic E-state index is 0.111. The lowest BCUT2D eigenvalue weighted by Gasteiger charge is -2.28. The van der Waals surface area contributed by atoms with Crippen LogP contribution in [-0.4, -0.2) is 7.05 Å². The molecule has 0 aromatic heterocycles. The Morgan fingerprint density at radius 2 is 1.76 bits per heavy atom. The summed E-state index contributed by atoms with van der Waals surface area (Å²) in [6, 6.07) is 6.39. The van der Waals surface area contributed by atoms with Gasteiger partial charge in [-0.15, -0.1) is 0 Å². The number of hydrogen-bond donors (Lipinski definition) is 1. The molecule has 0 atom stereocenters. The van der Waals surface area contributed by atoms with Gasteiger partial charge in [0.15, 0.2) is 0 Å². The van der Waals surface area contributed by atoms with Gasteiger partial charge < -0.3 is 5.32 Å². The Bertz CT molecular complexity index is 519. The second kappa shape index (κ2) is 9.02. The van der Waals surface area contributed by atoms with E-state index in [1.165, 1.54) is 5.56 Å². The van der Waals surface area contributed by atoms with Gasteiger partial charge in [0.25, 0.3) is 0 Å². The molecule has 0 unspecified atom stereocenters. The van der Waals surface area contributed by atoms with Gasteiger partial charge in [0.05, 0.1) is 0 Å². The zero-order chi connectivity index (χ0) is 16.5. The summed E-state index contributed by atoms with van der Waals surface area (Å²) in [6.07, 6.45) is 7.57. The van der Waals surface area contributed by atoms with E-state index in [2.05, 4.69) is 57.1 Å². The van der Waals surface area contributed by atoms with Crippen LogP contribution in [0.2, 0.25) is 0 Å². The molecule has 1 aromatic rings. The van der Waals surface area contributed by atoms with Crippen molar-refractivity contribution in [3.05, 3.63) is 72.9 Å². The average molecular weight is 283 g/mol. The van der Waals surface area contributed by atoms with Gasteiger partial charge in [-0.2, -0.15) is 0 Å². The van der Waals surface area contributed by atoms with Gasteiger partial charge in [-0.3, -0.25) is 0 Å². The summed E-state index contributed by atoms with van der Waals surface area (Å²) in [6.45, 7) is 19.9. The fourth-order valence-corrected chi connectivity index (χ4v) is 2.17. The van der Waals surface area contributed by atoms with Crippen molar-refractivity contribution in [2.24, 2.45) is 0 Å². The molecule has 1 heteroatoms. The van der Waals surface area contributed by atoms with E-state index in [-0.39, 0.29) is 5.41 Å². The van der Waals surface area contributed by atoms with Crippen LogP contribution in [-0.2, 0) is 5.41 Å². The molecule has 0 amide bonds. The first kappa shape index (κ1) is 19.0. The van der Waals surface area contributed by atoms with E-state index in [9.17, 15) is 0 Å². The lowest BCUT2D eigenvalue weighted by atomic mass is 9.76. The third-order valence-corrected chi connectivity index (χ3v) is 3.50. The van der Waals surface area contributed by atoms with Crippen LogP contribution in [0.3, 0.4) is 0 Å². The second-order valence-corrected chi connectivity index (χ2v) is 4.94. The highest BCUT2D eigenvalue weighted by molar-refractivity contribution is 5.67. The predicted octanol–water partition coefficient (Wildman–Crippen LogP) is 5.97. The first-order valence-electron chi connectivity index (χ1n) is 7.41. The fraction of sp³-hybridized carbons (Fsp3) is 0.300. The normalized spacial score (nSPS) is 11.0. The largest absolute Gasteiger partial charge is 0.388 e. The maximum absolute atomic E-state index is 3.90. The Kier molecular flexibility index (Phi) is 8.15. The number of anilines is 1. The summed E-state index contributed by atoms with van der Waals surface area (Å²) in [7, 11) is 1.92. The van der Waals surface area contributed by atoms with Gasteiger partial charge in [0, 0.05) is 18.2 Å². The SMILES string of the molecule is C=C/C=C(\C=C)C(C)(C)c1ccc(NC)c(C=C)c1.CC. The first-order chi connectivity index (χ1) is 10.0. The third-order valence-electron chi connectivity index (χ3n) is 3.50. The molecule has 21 heavy (non-hydrogen) atoms. The predicted molar refractivity (Wildman–Crippen MR) is 98.9 cm³/mol. The van der Waals surface area contributed by atoms with Crippen molar-refractivity contribution < 1.29 is 0 Å². The number of rotatable bonds is 6. The van der Waals surface area contributed by atoms with E-state index in [0.717, 1.165) is 16.8 Å². The number of nitrogens with one attached hydrogen (secondary N) is 1. The average Bonchev–Trinajstić information content (AvgIpc) is 2.53. The molecule has 1 aromatic carbocycles. The Balaban J connectivity index is 0.00000191. The molecular weight excluding hydrogens is 254 g/mol. The van der Waals surface area contributed by atoms with Crippen LogP contribution in [0.15, 0.2) is 61.7 Å². The lowest BCUT2D eigenvalue weighted by molar-refractivity contribution is 0.639. The van der Waals surface area contributed by atoms with Crippen molar-refractivity contribution in [3.8, 4) is 0 Å². The van der Waals surface area contributed by atoms with Crippen LogP contribution in [0.1, 0.15) is 38.8 Å². The van der Waals surface area contributed by atoms with Crippen LogP contribution in [0.25, 0.3) is 6.08 Å². The van der Waals surface area contributed by atoms with Gasteiger partial charge in [-0.1, -0.05) is 77.8 Å². The standard InChI is InChI=1S/C18H23N.C2H6/c1-7-10-15(9-3)18(4,5)16-11-12-17(19-6)14(8-2)13-16;1-2/h7-13,19H,1-3H2,4-6H3;1-2H3/b15-10+;. The highest BCUT2D eigenvalue weighted by Gasteiger charge is 2.23. The monoisotopic (exact) mass is 283 g/mol. The molecule has 114 valence electrons. The fourth-order valence-electron chi connectivity index (χ4n) is 2.17. The van der Waals surface area contributed by atoms with Gasteiger partial charge >= 0.3 is 0 Å². The summed E-state index contributed by atoms with van der Waals surface area (Å²) in [5.74, 6) is 0. The van der Waals surface area contributed by atoms with E-state index in [1.54, 1.807) is 6.08 Å². The van der Waals surface area contributed by atoms with E-state index < -0.39 is 0 Å². The maximum atomic E-state index is 3.90. The zero-order valence-corrected chi connectivity index (χ0v) is 14.2. The van der Waals surface area contributed by atoms with Crippen molar-refractivity contribution in [2.75, 3.05) is 12.4 Å². The molecule has 0 saturated heterocycles. The smallest absolute Gasteiger partial charge is 0.0411 e. The van der Waals surface area contributed by atoms with Gasteiger partial charge in [-0.05, 0) is 28.8 Å². The van der Waals surface area contributed by atoms with Gasteiger partial charge in [-0.25, -0.2) is 0 Å². The quantitative estimate of drug-likeness (QED) is 0.634. The molecule has 0 spiro atoms. The number of hydrogen-bond acceptors (Lipinski definition) is 1. The molecule has 1 N–H and O–H groups in total. The van der Waals surface area contributed by atoms with Crippen molar-refractivity contribution >= 4 is 11.8 Å². The van der Waals surface area contributed by atoms with Crippen molar-refractivity contribution in [1.29, 1.82) is 0 Å². The molecule has 1 nitrogen and oxygen atoms in total. The molecule has 0 bridgehead atoms. The molecular formula is C20H29N. The first-order valence-corrected chi connectivity index (χ1v) is 7.41. The summed E-state index contributed by atoms with van der Waals surface area (Å²) in [4.78, 5) is 0. The summed E-state index contributed by atoms with van der Waals surface area (Å²) >= 11 is 0. The summed E-state index contributed by atoms with van der Waals surface area (Å²) in [5, 5.41) is 3.17. The topological polar surface area (TPSA) is 12.0 Å². The molecule has 0 aliphatic heterocycles. The highest BCUT2D eigenvalue weighted by Crippen LogP contribution is 2.34. The second-order valence-electron chi connectivity index (χ2n) is 4.94. The van der Waals surface area contributed by atoms with E-state index in [4.69, 9.17) is 0 Å². The highest BCUT2D eigenvalue weighted by atomic mass is 14.8. The molecule has 0 aliphatic carbocycles. The number of benzene rings is 1. The molecule has 0 radical (unpaired) electrons. The van der Waals surface area contributed by atoms with Crippen LogP contribution < -0.4 is 5.32 Å². The Morgan fingerprint density at radius 3 is 2.19 bits per heavy atom. The Hall–Kier alpha value is -2.02. The molecule has 0 aliphatic rings. The van der Waals surface area contributed by atoms with Gasteiger partial charge in [0.1, 0.15) is 0 Å². The van der Waals surface area contributed by atoms with E-state index >= 15 is 0 Å². The molecule has 0 saturated carbocycles. The van der Waals surface area contributed by atoms with Crippen molar-refractivity contribution in [3.63, 3.8) is 0 Å². The van der Waals surface area contributed by atoms with Crippen molar-refractivity contribution in [2.45, 2.75) is 33.1 Å². The number of allylic oxidation sites excluding steroid dienone is 4.